The molecule has 0 bridgehead atoms. The summed E-state index contributed by atoms with van der Waals surface area (Å²) >= 11 is 0. The Morgan fingerprint density at radius 2 is 1.95 bits per heavy atom. The summed E-state index contributed by atoms with van der Waals surface area (Å²) < 4.78 is 0. The number of rotatable bonds is 7. The van der Waals surface area contributed by atoms with Gasteiger partial charge in [-0.2, -0.15) is 0 Å². The molecule has 4 heteroatoms. The van der Waals surface area contributed by atoms with Crippen molar-refractivity contribution in [3.05, 3.63) is 0 Å². The van der Waals surface area contributed by atoms with Crippen LogP contribution >= 0.6 is 0 Å². The fraction of sp³-hybridized carbons (Fsp3) is 0.882. The van der Waals surface area contributed by atoms with Gasteiger partial charge in [0, 0.05) is 19.5 Å². The Hall–Kier alpha value is -1.06. The highest BCUT2D eigenvalue weighted by Gasteiger charge is 2.41. The Labute approximate surface area is 128 Å². The van der Waals surface area contributed by atoms with Crippen molar-refractivity contribution in [3.8, 4) is 0 Å². The van der Waals surface area contributed by atoms with Gasteiger partial charge < -0.3 is 10.2 Å². The lowest BCUT2D eigenvalue weighted by Crippen LogP contribution is -2.48. The monoisotopic (exact) mass is 294 g/mol. The number of carbonyl (C=O) groups excluding carboxylic acids is 2. The number of hydrogen-bond acceptors (Lipinski definition) is 2. The van der Waals surface area contributed by atoms with Crippen molar-refractivity contribution in [2.24, 2.45) is 11.3 Å². The first-order chi connectivity index (χ1) is 9.93. The zero-order valence-electron chi connectivity index (χ0n) is 13.8. The van der Waals surface area contributed by atoms with Gasteiger partial charge in [-0.1, -0.05) is 40.0 Å². The molecule has 1 aliphatic heterocycles. The molecule has 1 atom stereocenters. The number of carbonyl (C=O) groups is 2. The van der Waals surface area contributed by atoms with Crippen LogP contribution in [0.25, 0.3) is 0 Å². The average Bonchev–Trinajstić information content (AvgIpc) is 3.24. The highest BCUT2D eigenvalue weighted by Crippen LogP contribution is 2.35. The van der Waals surface area contributed by atoms with E-state index < -0.39 is 0 Å². The zero-order chi connectivity index (χ0) is 15.5. The Morgan fingerprint density at radius 1 is 1.24 bits per heavy atom. The van der Waals surface area contributed by atoms with Crippen molar-refractivity contribution < 1.29 is 9.59 Å². The van der Waals surface area contributed by atoms with Crippen LogP contribution in [0.5, 0.6) is 0 Å². The lowest BCUT2D eigenvalue weighted by atomic mass is 9.86. The van der Waals surface area contributed by atoms with Gasteiger partial charge in [0.05, 0.1) is 0 Å². The second-order valence-electron chi connectivity index (χ2n) is 7.51. The van der Waals surface area contributed by atoms with Crippen molar-refractivity contribution >= 4 is 11.8 Å². The van der Waals surface area contributed by atoms with Gasteiger partial charge in [0.1, 0.15) is 6.04 Å². The number of amides is 2. The lowest BCUT2D eigenvalue weighted by Gasteiger charge is -2.33. The van der Waals surface area contributed by atoms with Crippen LogP contribution in [0.1, 0.15) is 65.7 Å². The second kappa shape index (κ2) is 6.80. The average molecular weight is 294 g/mol. The predicted molar refractivity (Wildman–Crippen MR) is 83.8 cm³/mol. The smallest absolute Gasteiger partial charge is 0.245 e. The maximum atomic E-state index is 12.7. The third kappa shape index (κ3) is 4.72. The molecule has 4 nitrogen and oxygen atoms in total. The zero-order valence-corrected chi connectivity index (χ0v) is 13.8. The van der Waals surface area contributed by atoms with Crippen molar-refractivity contribution in [2.45, 2.75) is 71.8 Å². The molecule has 0 aromatic rings. The van der Waals surface area contributed by atoms with E-state index >= 15 is 0 Å². The van der Waals surface area contributed by atoms with Crippen LogP contribution in [0.4, 0.5) is 0 Å². The van der Waals surface area contributed by atoms with Gasteiger partial charge in [-0.3, -0.25) is 9.59 Å². The maximum absolute atomic E-state index is 12.7. The van der Waals surface area contributed by atoms with E-state index in [2.05, 4.69) is 26.1 Å². The molecule has 0 radical (unpaired) electrons. The van der Waals surface area contributed by atoms with Crippen LogP contribution in [-0.4, -0.2) is 35.8 Å². The minimum atomic E-state index is -0.258. The van der Waals surface area contributed by atoms with E-state index in [0.717, 1.165) is 25.8 Å². The molecule has 1 saturated heterocycles. The molecule has 2 rings (SSSR count). The largest absolute Gasteiger partial charge is 0.344 e. The van der Waals surface area contributed by atoms with Crippen LogP contribution in [0.3, 0.4) is 0 Å². The minimum Gasteiger partial charge on any atom is -0.344 e. The molecule has 2 aliphatic rings. The molecule has 1 aliphatic carbocycles. The fourth-order valence-electron chi connectivity index (χ4n) is 3.21. The second-order valence-corrected chi connectivity index (χ2v) is 7.51. The van der Waals surface area contributed by atoms with Crippen LogP contribution < -0.4 is 5.32 Å². The standard InChI is InChI=1S/C17H30N2O2/c1-4-5-6-10-17(2,3)12-19-11-9-14(20)18-15(16(19)21)13-7-8-13/h13,15H,4-12H2,1-3H3,(H,18,20). The normalized spacial score (nSPS) is 24.0. The molecule has 2 amide bonds. The molecule has 0 aromatic carbocycles. The van der Waals surface area contributed by atoms with Gasteiger partial charge >= 0.3 is 0 Å². The molecule has 1 N–H and O–H groups in total. The first-order valence-corrected chi connectivity index (χ1v) is 8.51. The van der Waals surface area contributed by atoms with Gasteiger partial charge in [-0.15, -0.1) is 0 Å². The molecule has 1 saturated carbocycles. The third-order valence-corrected chi connectivity index (χ3v) is 4.67. The van der Waals surface area contributed by atoms with E-state index in [1.54, 1.807) is 0 Å². The maximum Gasteiger partial charge on any atom is 0.245 e. The highest BCUT2D eigenvalue weighted by molar-refractivity contribution is 5.90. The predicted octanol–water partition coefficient (Wildman–Crippen LogP) is 2.72. The van der Waals surface area contributed by atoms with Crippen LogP contribution in [0.2, 0.25) is 0 Å². The van der Waals surface area contributed by atoms with Crippen LogP contribution in [0, 0.1) is 11.3 Å². The first-order valence-electron chi connectivity index (χ1n) is 8.51. The molecule has 2 fully saturated rings. The van der Waals surface area contributed by atoms with E-state index in [-0.39, 0.29) is 23.3 Å². The molecule has 0 aromatic heterocycles. The molecule has 1 heterocycles. The van der Waals surface area contributed by atoms with E-state index in [1.807, 2.05) is 4.90 Å². The summed E-state index contributed by atoms with van der Waals surface area (Å²) in [6.07, 6.45) is 7.42. The van der Waals surface area contributed by atoms with Crippen molar-refractivity contribution in [1.29, 1.82) is 0 Å². The number of unbranched alkanes of at least 4 members (excludes halogenated alkanes) is 2. The molecule has 120 valence electrons. The number of nitrogens with zero attached hydrogens (tertiary/aromatic N) is 1. The van der Waals surface area contributed by atoms with E-state index in [0.29, 0.717) is 18.9 Å². The summed E-state index contributed by atoms with van der Waals surface area (Å²) in [4.78, 5) is 26.4. The van der Waals surface area contributed by atoms with Gasteiger partial charge in [0.25, 0.3) is 0 Å². The molecular formula is C17H30N2O2. The van der Waals surface area contributed by atoms with E-state index in [9.17, 15) is 9.59 Å². The third-order valence-electron chi connectivity index (χ3n) is 4.67. The number of nitrogens with one attached hydrogen (secondary N) is 1. The summed E-state index contributed by atoms with van der Waals surface area (Å²) in [5, 5.41) is 2.93. The van der Waals surface area contributed by atoms with Gasteiger partial charge in [0.15, 0.2) is 0 Å². The lowest BCUT2D eigenvalue weighted by molar-refractivity contribution is -0.135. The summed E-state index contributed by atoms with van der Waals surface area (Å²) in [5.74, 6) is 0.559. The van der Waals surface area contributed by atoms with E-state index in [4.69, 9.17) is 0 Å². The summed E-state index contributed by atoms with van der Waals surface area (Å²) in [7, 11) is 0. The molecule has 21 heavy (non-hydrogen) atoms. The topological polar surface area (TPSA) is 49.4 Å². The summed E-state index contributed by atoms with van der Waals surface area (Å²) in [6, 6.07) is -0.258. The van der Waals surface area contributed by atoms with Gasteiger partial charge in [-0.05, 0) is 30.6 Å². The summed E-state index contributed by atoms with van der Waals surface area (Å²) in [6.45, 7) is 8.03. The highest BCUT2D eigenvalue weighted by atomic mass is 16.2. The summed E-state index contributed by atoms with van der Waals surface area (Å²) in [5.41, 5.74) is 0.131. The fourth-order valence-corrected chi connectivity index (χ4v) is 3.21. The van der Waals surface area contributed by atoms with Crippen LogP contribution in [0.15, 0.2) is 0 Å². The van der Waals surface area contributed by atoms with Gasteiger partial charge in [-0.25, -0.2) is 0 Å². The minimum absolute atomic E-state index is 0.0338. The van der Waals surface area contributed by atoms with Crippen LogP contribution in [-0.2, 0) is 9.59 Å². The Bertz CT molecular complexity index is 388. The SMILES string of the molecule is CCCCCC(C)(C)CN1CCC(=O)NC(C2CC2)C1=O. The first kappa shape index (κ1) is 16.3. The van der Waals surface area contributed by atoms with E-state index in [1.165, 1.54) is 19.3 Å². The molecule has 0 spiro atoms. The molecule has 1 unspecified atom stereocenters. The Balaban J connectivity index is 1.96. The Kier molecular flexibility index (Phi) is 5.28. The molecular weight excluding hydrogens is 264 g/mol. The number of hydrogen-bond donors (Lipinski definition) is 1. The van der Waals surface area contributed by atoms with Crippen molar-refractivity contribution in [2.75, 3.05) is 13.1 Å². The van der Waals surface area contributed by atoms with Crippen molar-refractivity contribution in [1.82, 2.24) is 10.2 Å². The Morgan fingerprint density at radius 3 is 2.57 bits per heavy atom. The van der Waals surface area contributed by atoms with Crippen molar-refractivity contribution in [3.63, 3.8) is 0 Å². The quantitative estimate of drug-likeness (QED) is 0.734. The van der Waals surface area contributed by atoms with Gasteiger partial charge in [0.2, 0.25) is 11.8 Å².